The Balaban J connectivity index is 1.96. The van der Waals surface area contributed by atoms with Crippen LogP contribution in [0, 0.1) is 13.8 Å². The molecule has 0 radical (unpaired) electrons. The Hall–Kier alpha value is -1.66. The Kier molecular flexibility index (Phi) is 3.59. The molecule has 0 saturated carbocycles. The van der Waals surface area contributed by atoms with E-state index in [4.69, 9.17) is 4.52 Å². The van der Waals surface area contributed by atoms with Crippen molar-refractivity contribution in [2.75, 3.05) is 6.54 Å². The third-order valence-electron chi connectivity index (χ3n) is 3.82. The molecule has 3 rings (SSSR count). The minimum absolute atomic E-state index is 0.228. The van der Waals surface area contributed by atoms with E-state index in [1.165, 1.54) is 4.31 Å². The monoisotopic (exact) mass is 306 g/mol. The van der Waals surface area contributed by atoms with E-state index in [-0.39, 0.29) is 6.04 Å². The van der Waals surface area contributed by atoms with E-state index in [0.717, 1.165) is 18.4 Å². The summed E-state index contributed by atoms with van der Waals surface area (Å²) < 4.78 is 32.2. The first-order valence-electron chi connectivity index (χ1n) is 7.00. The molecule has 1 atom stereocenters. The topological polar surface area (TPSA) is 63.4 Å². The number of hydrogen-bond donors (Lipinski definition) is 0. The molecule has 0 amide bonds. The molecule has 0 aliphatic carbocycles. The van der Waals surface area contributed by atoms with Crippen LogP contribution in [0.2, 0.25) is 0 Å². The van der Waals surface area contributed by atoms with E-state index < -0.39 is 10.0 Å². The molecular weight excluding hydrogens is 288 g/mol. The summed E-state index contributed by atoms with van der Waals surface area (Å²) in [7, 11) is -3.49. The Morgan fingerprint density at radius 3 is 2.57 bits per heavy atom. The summed E-state index contributed by atoms with van der Waals surface area (Å²) in [5.41, 5.74) is 1.74. The van der Waals surface area contributed by atoms with Crippen LogP contribution in [0.25, 0.3) is 0 Å². The number of sulfonamides is 1. The average Bonchev–Trinajstić information content (AvgIpc) is 3.07. The van der Waals surface area contributed by atoms with Crippen molar-refractivity contribution >= 4 is 10.0 Å². The average molecular weight is 306 g/mol. The van der Waals surface area contributed by atoms with E-state index >= 15 is 0 Å². The summed E-state index contributed by atoms with van der Waals surface area (Å²) >= 11 is 0. The van der Waals surface area contributed by atoms with E-state index in [9.17, 15) is 8.42 Å². The van der Waals surface area contributed by atoms with Gasteiger partial charge in [-0.2, -0.15) is 4.31 Å². The largest absolute Gasteiger partial charge is 0.361 e. The lowest BCUT2D eigenvalue weighted by molar-refractivity contribution is 0.349. The minimum atomic E-state index is -3.49. The highest BCUT2D eigenvalue weighted by Crippen LogP contribution is 2.36. The number of nitrogens with zero attached hydrogens (tertiary/aromatic N) is 2. The highest BCUT2D eigenvalue weighted by molar-refractivity contribution is 7.89. The van der Waals surface area contributed by atoms with Crippen molar-refractivity contribution in [3.63, 3.8) is 0 Å². The first-order chi connectivity index (χ1) is 9.98. The summed E-state index contributed by atoms with van der Waals surface area (Å²) in [5.74, 6) is 0.699. The van der Waals surface area contributed by atoms with Crippen LogP contribution in [0.1, 0.15) is 35.9 Å². The normalized spacial score (nSPS) is 20.0. The summed E-state index contributed by atoms with van der Waals surface area (Å²) in [5, 5.41) is 3.99. The van der Waals surface area contributed by atoms with Crippen LogP contribution in [0.15, 0.2) is 39.8 Å². The molecule has 2 aromatic rings. The highest BCUT2D eigenvalue weighted by atomic mass is 32.2. The molecule has 6 heteroatoms. The Morgan fingerprint density at radius 2 is 1.95 bits per heavy atom. The molecular formula is C15H18N2O3S. The Bertz CT molecular complexity index is 735. The lowest BCUT2D eigenvalue weighted by Crippen LogP contribution is -2.30. The minimum Gasteiger partial charge on any atom is -0.361 e. The number of rotatable bonds is 3. The molecule has 1 saturated heterocycles. The maximum atomic E-state index is 12.8. The summed E-state index contributed by atoms with van der Waals surface area (Å²) in [6.07, 6.45) is 1.61. The van der Waals surface area contributed by atoms with Crippen molar-refractivity contribution in [1.29, 1.82) is 0 Å². The van der Waals surface area contributed by atoms with Gasteiger partial charge < -0.3 is 4.52 Å². The molecule has 0 unspecified atom stereocenters. The molecule has 0 N–H and O–H groups in total. The zero-order chi connectivity index (χ0) is 15.0. The third kappa shape index (κ3) is 2.61. The molecule has 1 aromatic carbocycles. The van der Waals surface area contributed by atoms with Crippen molar-refractivity contribution in [2.24, 2.45) is 0 Å². The molecule has 0 bridgehead atoms. The van der Waals surface area contributed by atoms with Crippen LogP contribution < -0.4 is 0 Å². The van der Waals surface area contributed by atoms with Crippen LogP contribution in [0.5, 0.6) is 0 Å². The molecule has 5 nitrogen and oxygen atoms in total. The van der Waals surface area contributed by atoms with Gasteiger partial charge in [-0.3, -0.25) is 0 Å². The van der Waals surface area contributed by atoms with Gasteiger partial charge in [-0.15, -0.1) is 0 Å². The molecule has 21 heavy (non-hydrogen) atoms. The highest BCUT2D eigenvalue weighted by Gasteiger charge is 2.37. The van der Waals surface area contributed by atoms with Crippen LogP contribution in [-0.4, -0.2) is 24.4 Å². The number of aryl methyl sites for hydroxylation is 2. The van der Waals surface area contributed by atoms with Gasteiger partial charge in [0.1, 0.15) is 11.5 Å². The van der Waals surface area contributed by atoms with E-state index in [0.29, 0.717) is 22.9 Å². The molecule has 1 aliphatic heterocycles. The lowest BCUT2D eigenvalue weighted by Gasteiger charge is -2.22. The van der Waals surface area contributed by atoms with Crippen molar-refractivity contribution in [3.05, 3.63) is 47.3 Å². The molecule has 1 aliphatic rings. The van der Waals surface area contributed by atoms with E-state index in [2.05, 4.69) is 5.16 Å². The van der Waals surface area contributed by atoms with Crippen molar-refractivity contribution in [1.82, 2.24) is 9.46 Å². The van der Waals surface area contributed by atoms with Gasteiger partial charge in [0, 0.05) is 12.6 Å². The smallest absolute Gasteiger partial charge is 0.243 e. The van der Waals surface area contributed by atoms with Crippen molar-refractivity contribution in [3.8, 4) is 0 Å². The number of hydrogen-bond acceptors (Lipinski definition) is 4. The Morgan fingerprint density at radius 1 is 1.24 bits per heavy atom. The van der Waals surface area contributed by atoms with Gasteiger partial charge in [-0.05, 0) is 38.8 Å². The maximum Gasteiger partial charge on any atom is 0.243 e. The molecule has 2 heterocycles. The quantitative estimate of drug-likeness (QED) is 0.874. The predicted molar refractivity (Wildman–Crippen MR) is 78.3 cm³/mol. The lowest BCUT2D eigenvalue weighted by atomic mass is 10.1. The molecule has 1 aromatic heterocycles. The fraction of sp³-hybridized carbons (Fsp3) is 0.400. The second kappa shape index (κ2) is 5.27. The molecule has 112 valence electrons. The van der Waals surface area contributed by atoms with Gasteiger partial charge in [-0.25, -0.2) is 8.42 Å². The van der Waals surface area contributed by atoms with Gasteiger partial charge in [0.05, 0.1) is 10.9 Å². The molecule has 0 spiro atoms. The first kappa shape index (κ1) is 14.3. The van der Waals surface area contributed by atoms with E-state index in [1.807, 2.05) is 32.0 Å². The summed E-state index contributed by atoms with van der Waals surface area (Å²) in [4.78, 5) is 0.334. The molecule has 1 fully saturated rings. The standard InChI is InChI=1S/C15H18N2O3S/c1-11-5-7-13(8-6-11)21(18,19)17-9-3-4-15(17)14-10-12(2)20-16-14/h5-8,10,15H,3-4,9H2,1-2H3/t15-/m0/s1. The fourth-order valence-electron chi connectivity index (χ4n) is 2.71. The second-order valence-corrected chi connectivity index (χ2v) is 7.34. The van der Waals surface area contributed by atoms with Gasteiger partial charge in [0.25, 0.3) is 0 Å². The van der Waals surface area contributed by atoms with Gasteiger partial charge in [-0.1, -0.05) is 22.9 Å². The van der Waals surface area contributed by atoms with Gasteiger partial charge >= 0.3 is 0 Å². The van der Waals surface area contributed by atoms with Gasteiger partial charge in [0.2, 0.25) is 10.0 Å². The zero-order valence-corrected chi connectivity index (χ0v) is 12.9. The van der Waals surface area contributed by atoms with E-state index in [1.54, 1.807) is 12.1 Å². The number of benzene rings is 1. The number of aromatic nitrogens is 1. The van der Waals surface area contributed by atoms with Crippen molar-refractivity contribution in [2.45, 2.75) is 37.6 Å². The summed E-state index contributed by atoms with van der Waals surface area (Å²) in [6, 6.07) is 8.54. The first-order valence-corrected chi connectivity index (χ1v) is 8.44. The predicted octanol–water partition coefficient (Wildman–Crippen LogP) is 2.82. The SMILES string of the molecule is Cc1ccc(S(=O)(=O)N2CCC[C@H]2c2cc(C)on2)cc1. The maximum absolute atomic E-state index is 12.8. The van der Waals surface area contributed by atoms with Crippen LogP contribution in [-0.2, 0) is 10.0 Å². The fourth-order valence-corrected chi connectivity index (χ4v) is 4.38. The van der Waals surface area contributed by atoms with Gasteiger partial charge in [0.15, 0.2) is 0 Å². The Labute approximate surface area is 124 Å². The van der Waals surface area contributed by atoms with Crippen LogP contribution >= 0.6 is 0 Å². The van der Waals surface area contributed by atoms with Crippen LogP contribution in [0.3, 0.4) is 0 Å². The second-order valence-electron chi connectivity index (χ2n) is 5.45. The summed E-state index contributed by atoms with van der Waals surface area (Å²) in [6.45, 7) is 4.27. The zero-order valence-electron chi connectivity index (χ0n) is 12.1. The van der Waals surface area contributed by atoms with Crippen LogP contribution in [0.4, 0.5) is 0 Å². The van der Waals surface area contributed by atoms with Crippen molar-refractivity contribution < 1.29 is 12.9 Å². The third-order valence-corrected chi connectivity index (χ3v) is 5.74.